The normalized spacial score (nSPS) is 13.9. The van der Waals surface area contributed by atoms with Crippen LogP contribution in [0.5, 0.6) is 0 Å². The van der Waals surface area contributed by atoms with Crippen molar-refractivity contribution in [3.05, 3.63) is 34.9 Å². The lowest BCUT2D eigenvalue weighted by Gasteiger charge is -2.26. The third kappa shape index (κ3) is 3.62. The number of methoxy groups -OCH3 is 1. The molecule has 0 saturated heterocycles. The van der Waals surface area contributed by atoms with Crippen molar-refractivity contribution in [3.63, 3.8) is 0 Å². The van der Waals surface area contributed by atoms with Crippen LogP contribution >= 0.6 is 0 Å². The predicted octanol–water partition coefficient (Wildman–Crippen LogP) is 3.15. The molecule has 0 amide bonds. The van der Waals surface area contributed by atoms with Gasteiger partial charge in [0.15, 0.2) is 0 Å². The summed E-state index contributed by atoms with van der Waals surface area (Å²) in [6.07, 6.45) is 0.139. The minimum absolute atomic E-state index is 0.295. The number of benzene rings is 1. The SMILES string of the molecule is COC(C)(C)CC(O)c1cc(C)cc(C)c1. The number of ether oxygens (including phenoxy) is 1. The summed E-state index contributed by atoms with van der Waals surface area (Å²) in [5.74, 6) is 0. The highest BCUT2D eigenvalue weighted by atomic mass is 16.5. The number of aliphatic hydroxyl groups excluding tert-OH is 1. The molecule has 0 heterocycles. The van der Waals surface area contributed by atoms with Crippen LogP contribution in [0.15, 0.2) is 18.2 Å². The standard InChI is InChI=1S/C14H22O2/c1-10-6-11(2)8-12(7-10)13(15)9-14(3,4)16-5/h6-8,13,15H,9H2,1-5H3. The summed E-state index contributed by atoms with van der Waals surface area (Å²) in [6.45, 7) is 8.06. The van der Waals surface area contributed by atoms with Crippen molar-refractivity contribution in [1.82, 2.24) is 0 Å². The van der Waals surface area contributed by atoms with E-state index in [1.54, 1.807) is 7.11 Å². The molecule has 0 bridgehead atoms. The zero-order chi connectivity index (χ0) is 12.3. The van der Waals surface area contributed by atoms with Crippen molar-refractivity contribution in [2.24, 2.45) is 0 Å². The first-order valence-electron chi connectivity index (χ1n) is 5.65. The molecule has 0 saturated carbocycles. The molecule has 0 aliphatic rings. The van der Waals surface area contributed by atoms with E-state index in [1.165, 1.54) is 11.1 Å². The minimum atomic E-state index is -0.464. The van der Waals surface area contributed by atoms with Crippen LogP contribution < -0.4 is 0 Å². The van der Waals surface area contributed by atoms with E-state index in [4.69, 9.17) is 4.74 Å². The zero-order valence-electron chi connectivity index (χ0n) is 10.9. The van der Waals surface area contributed by atoms with Crippen molar-refractivity contribution in [2.45, 2.75) is 45.8 Å². The first-order chi connectivity index (χ1) is 7.34. The Morgan fingerprint density at radius 1 is 1.19 bits per heavy atom. The molecule has 2 nitrogen and oxygen atoms in total. The van der Waals surface area contributed by atoms with E-state index in [0.717, 1.165) is 5.56 Å². The topological polar surface area (TPSA) is 29.5 Å². The van der Waals surface area contributed by atoms with Crippen molar-refractivity contribution >= 4 is 0 Å². The molecule has 1 atom stereocenters. The lowest BCUT2D eigenvalue weighted by molar-refractivity contribution is -0.0201. The van der Waals surface area contributed by atoms with Crippen LogP contribution in [0, 0.1) is 13.8 Å². The molecule has 1 rings (SSSR count). The van der Waals surface area contributed by atoms with Gasteiger partial charge in [0, 0.05) is 13.5 Å². The average molecular weight is 222 g/mol. The molecule has 1 aromatic rings. The van der Waals surface area contributed by atoms with Crippen molar-refractivity contribution in [3.8, 4) is 0 Å². The van der Waals surface area contributed by atoms with Crippen LogP contribution in [0.4, 0.5) is 0 Å². The van der Waals surface area contributed by atoms with Crippen LogP contribution in [0.25, 0.3) is 0 Å². The first-order valence-corrected chi connectivity index (χ1v) is 5.65. The van der Waals surface area contributed by atoms with Crippen molar-refractivity contribution < 1.29 is 9.84 Å². The molecule has 0 spiro atoms. The fourth-order valence-corrected chi connectivity index (χ4v) is 1.87. The summed E-state index contributed by atoms with van der Waals surface area (Å²) in [5.41, 5.74) is 3.05. The predicted molar refractivity (Wildman–Crippen MR) is 66.6 cm³/mol. The molecule has 0 aliphatic carbocycles. The Morgan fingerprint density at radius 3 is 2.12 bits per heavy atom. The Hall–Kier alpha value is -0.860. The molecule has 0 radical (unpaired) electrons. The molecule has 1 N–H and O–H groups in total. The second kappa shape index (κ2) is 4.98. The van der Waals surface area contributed by atoms with Gasteiger partial charge in [0.25, 0.3) is 0 Å². The smallest absolute Gasteiger partial charge is 0.0817 e. The van der Waals surface area contributed by atoms with Crippen LogP contribution in [0.3, 0.4) is 0 Å². The Bertz CT molecular complexity index is 336. The van der Waals surface area contributed by atoms with E-state index in [-0.39, 0.29) is 5.60 Å². The largest absolute Gasteiger partial charge is 0.388 e. The molecule has 0 aromatic heterocycles. The van der Waals surface area contributed by atoms with Crippen LogP contribution in [0.1, 0.15) is 43.1 Å². The monoisotopic (exact) mass is 222 g/mol. The lowest BCUT2D eigenvalue weighted by Crippen LogP contribution is -2.25. The van der Waals surface area contributed by atoms with Gasteiger partial charge in [-0.05, 0) is 33.3 Å². The van der Waals surface area contributed by atoms with Gasteiger partial charge in [0.1, 0.15) is 0 Å². The van der Waals surface area contributed by atoms with E-state index >= 15 is 0 Å². The maximum atomic E-state index is 10.2. The van der Waals surface area contributed by atoms with Gasteiger partial charge < -0.3 is 9.84 Å². The van der Waals surface area contributed by atoms with Crippen LogP contribution in [-0.2, 0) is 4.74 Å². The summed E-state index contributed by atoms with van der Waals surface area (Å²) in [5, 5.41) is 10.2. The fourth-order valence-electron chi connectivity index (χ4n) is 1.87. The highest BCUT2D eigenvalue weighted by Crippen LogP contribution is 2.26. The Labute approximate surface area is 98.3 Å². The average Bonchev–Trinajstić information content (AvgIpc) is 2.15. The Balaban J connectivity index is 2.84. The zero-order valence-corrected chi connectivity index (χ0v) is 10.9. The van der Waals surface area contributed by atoms with Crippen molar-refractivity contribution in [2.75, 3.05) is 7.11 Å². The molecular formula is C14H22O2. The molecule has 1 aromatic carbocycles. The summed E-state index contributed by atoms with van der Waals surface area (Å²) in [7, 11) is 1.67. The molecule has 1 unspecified atom stereocenters. The molecule has 16 heavy (non-hydrogen) atoms. The Morgan fingerprint density at radius 2 is 1.69 bits per heavy atom. The third-order valence-electron chi connectivity index (χ3n) is 2.87. The minimum Gasteiger partial charge on any atom is -0.388 e. The van der Waals surface area contributed by atoms with Crippen LogP contribution in [-0.4, -0.2) is 17.8 Å². The second-order valence-electron chi connectivity index (χ2n) is 5.10. The van der Waals surface area contributed by atoms with Gasteiger partial charge in [0.2, 0.25) is 0 Å². The van der Waals surface area contributed by atoms with Gasteiger partial charge in [-0.1, -0.05) is 29.3 Å². The fraction of sp³-hybridized carbons (Fsp3) is 0.571. The Kier molecular flexibility index (Phi) is 4.11. The van der Waals surface area contributed by atoms with Gasteiger partial charge in [-0.2, -0.15) is 0 Å². The molecule has 0 fully saturated rings. The van der Waals surface area contributed by atoms with E-state index < -0.39 is 6.10 Å². The summed E-state index contributed by atoms with van der Waals surface area (Å²) in [6, 6.07) is 6.17. The van der Waals surface area contributed by atoms with E-state index in [0.29, 0.717) is 6.42 Å². The van der Waals surface area contributed by atoms with Crippen molar-refractivity contribution in [1.29, 1.82) is 0 Å². The number of aliphatic hydroxyl groups is 1. The third-order valence-corrected chi connectivity index (χ3v) is 2.87. The molecular weight excluding hydrogens is 200 g/mol. The van der Waals surface area contributed by atoms with E-state index in [2.05, 4.69) is 6.07 Å². The maximum absolute atomic E-state index is 10.2. The molecule has 0 aliphatic heterocycles. The van der Waals surface area contributed by atoms with Gasteiger partial charge in [-0.15, -0.1) is 0 Å². The van der Waals surface area contributed by atoms with Crippen LogP contribution in [0.2, 0.25) is 0 Å². The number of rotatable bonds is 4. The summed E-state index contributed by atoms with van der Waals surface area (Å²) in [4.78, 5) is 0. The second-order valence-corrected chi connectivity index (χ2v) is 5.10. The highest BCUT2D eigenvalue weighted by molar-refractivity contribution is 5.30. The van der Waals surface area contributed by atoms with Gasteiger partial charge in [-0.25, -0.2) is 0 Å². The van der Waals surface area contributed by atoms with Gasteiger partial charge in [-0.3, -0.25) is 0 Å². The number of hydrogen-bond acceptors (Lipinski definition) is 2. The van der Waals surface area contributed by atoms with Gasteiger partial charge >= 0.3 is 0 Å². The number of aryl methyl sites for hydroxylation is 2. The quantitative estimate of drug-likeness (QED) is 0.848. The maximum Gasteiger partial charge on any atom is 0.0817 e. The summed E-state index contributed by atoms with van der Waals surface area (Å²) >= 11 is 0. The highest BCUT2D eigenvalue weighted by Gasteiger charge is 2.22. The molecule has 90 valence electrons. The number of hydrogen-bond donors (Lipinski definition) is 1. The van der Waals surface area contributed by atoms with Gasteiger partial charge in [0.05, 0.1) is 11.7 Å². The first kappa shape index (κ1) is 13.2. The van der Waals surface area contributed by atoms with E-state index in [9.17, 15) is 5.11 Å². The molecule has 2 heteroatoms. The summed E-state index contributed by atoms with van der Waals surface area (Å²) < 4.78 is 5.33. The van der Waals surface area contributed by atoms with E-state index in [1.807, 2.05) is 39.8 Å². The lowest BCUT2D eigenvalue weighted by atomic mass is 9.94.